The van der Waals surface area contributed by atoms with E-state index in [1.54, 1.807) is 7.05 Å². The van der Waals surface area contributed by atoms with E-state index in [0.29, 0.717) is 12.3 Å². The molecule has 0 bridgehead atoms. The lowest BCUT2D eigenvalue weighted by Crippen LogP contribution is -2.30. The Morgan fingerprint density at radius 2 is 1.80 bits per heavy atom. The number of aromatic nitrogens is 3. The monoisotopic (exact) mass is 336 g/mol. The van der Waals surface area contributed by atoms with Crippen molar-refractivity contribution in [1.29, 1.82) is 0 Å². The van der Waals surface area contributed by atoms with Crippen molar-refractivity contribution in [2.45, 2.75) is 13.0 Å². The summed E-state index contributed by atoms with van der Waals surface area (Å²) >= 11 is 0. The van der Waals surface area contributed by atoms with Crippen LogP contribution in [0.15, 0.2) is 60.8 Å². The van der Waals surface area contributed by atoms with E-state index in [-0.39, 0.29) is 11.9 Å². The van der Waals surface area contributed by atoms with E-state index in [4.69, 9.17) is 4.74 Å². The lowest BCUT2D eigenvalue weighted by molar-refractivity contribution is 0.0933. The molecule has 6 heteroatoms. The summed E-state index contributed by atoms with van der Waals surface area (Å²) in [7, 11) is 1.69. The molecule has 1 aromatic heterocycles. The maximum absolute atomic E-state index is 12.6. The van der Waals surface area contributed by atoms with Crippen molar-refractivity contribution in [2.75, 3.05) is 6.61 Å². The van der Waals surface area contributed by atoms with Gasteiger partial charge in [-0.25, -0.2) is 4.68 Å². The highest BCUT2D eigenvalue weighted by molar-refractivity contribution is 5.92. The largest absolute Gasteiger partial charge is 0.494 e. The van der Waals surface area contributed by atoms with Crippen molar-refractivity contribution in [3.8, 4) is 5.75 Å². The molecule has 0 saturated heterocycles. The first-order valence-electron chi connectivity index (χ1n) is 8.12. The van der Waals surface area contributed by atoms with Gasteiger partial charge in [-0.3, -0.25) is 4.79 Å². The Kier molecular flexibility index (Phi) is 5.09. The summed E-state index contributed by atoms with van der Waals surface area (Å²) in [6.07, 6.45) is 1.45. The zero-order chi connectivity index (χ0) is 17.6. The van der Waals surface area contributed by atoms with Crippen LogP contribution in [0.1, 0.15) is 34.6 Å². The highest BCUT2D eigenvalue weighted by Gasteiger charge is 2.20. The van der Waals surface area contributed by atoms with Gasteiger partial charge in [-0.2, -0.15) is 0 Å². The first-order chi connectivity index (χ1) is 12.2. The summed E-state index contributed by atoms with van der Waals surface area (Å²) in [6, 6.07) is 17.3. The summed E-state index contributed by atoms with van der Waals surface area (Å²) in [5.41, 5.74) is 2.38. The number of hydrogen-bond acceptors (Lipinski definition) is 4. The standard InChI is InChI=1S/C19H20N4O2/c1-3-25-16-11-9-15(10-12-16)18(14-7-5-4-6-8-14)21-19(24)17-13-20-22-23(17)2/h4-13,18H,3H2,1-2H3,(H,21,24)/t18-/m1/s1. The maximum atomic E-state index is 12.6. The molecular formula is C19H20N4O2. The normalized spacial score (nSPS) is 11.8. The number of benzene rings is 2. The van der Waals surface area contributed by atoms with Gasteiger partial charge < -0.3 is 10.1 Å². The van der Waals surface area contributed by atoms with Gasteiger partial charge in [0, 0.05) is 7.05 Å². The molecule has 3 rings (SSSR count). The van der Waals surface area contributed by atoms with Crippen LogP contribution in [-0.2, 0) is 7.05 Å². The molecule has 1 heterocycles. The maximum Gasteiger partial charge on any atom is 0.271 e. The predicted octanol–water partition coefficient (Wildman–Crippen LogP) is 2.73. The number of amides is 1. The highest BCUT2D eigenvalue weighted by atomic mass is 16.5. The Hall–Kier alpha value is -3.15. The van der Waals surface area contributed by atoms with Crippen LogP contribution in [0.25, 0.3) is 0 Å². The Morgan fingerprint density at radius 3 is 2.40 bits per heavy atom. The number of nitrogens with zero attached hydrogens (tertiary/aromatic N) is 3. The van der Waals surface area contributed by atoms with Gasteiger partial charge in [0.25, 0.3) is 5.91 Å². The Labute approximate surface area is 146 Å². The topological polar surface area (TPSA) is 69.0 Å². The summed E-state index contributed by atoms with van der Waals surface area (Å²) in [6.45, 7) is 2.56. The van der Waals surface area contributed by atoms with Crippen LogP contribution in [0.5, 0.6) is 5.75 Å². The molecule has 3 aromatic rings. The predicted molar refractivity (Wildman–Crippen MR) is 94.4 cm³/mol. The van der Waals surface area contributed by atoms with Gasteiger partial charge in [0.1, 0.15) is 11.4 Å². The Balaban J connectivity index is 1.90. The second kappa shape index (κ2) is 7.61. The van der Waals surface area contributed by atoms with Gasteiger partial charge >= 0.3 is 0 Å². The van der Waals surface area contributed by atoms with Crippen LogP contribution in [-0.4, -0.2) is 27.5 Å². The van der Waals surface area contributed by atoms with Gasteiger partial charge in [0.15, 0.2) is 0 Å². The van der Waals surface area contributed by atoms with E-state index < -0.39 is 0 Å². The van der Waals surface area contributed by atoms with Gasteiger partial charge in [-0.05, 0) is 30.2 Å². The van der Waals surface area contributed by atoms with Crippen molar-refractivity contribution >= 4 is 5.91 Å². The highest BCUT2D eigenvalue weighted by Crippen LogP contribution is 2.24. The summed E-state index contributed by atoms with van der Waals surface area (Å²) in [5, 5.41) is 10.6. The van der Waals surface area contributed by atoms with Crippen molar-refractivity contribution in [1.82, 2.24) is 20.3 Å². The Morgan fingerprint density at radius 1 is 1.12 bits per heavy atom. The Bertz CT molecular complexity index is 828. The first kappa shape index (κ1) is 16.7. The quantitative estimate of drug-likeness (QED) is 0.751. The molecule has 0 aliphatic rings. The molecule has 6 nitrogen and oxygen atoms in total. The summed E-state index contributed by atoms with van der Waals surface area (Å²) in [4.78, 5) is 12.6. The minimum atomic E-state index is -0.278. The van der Waals surface area contributed by atoms with Crippen LogP contribution >= 0.6 is 0 Å². The summed E-state index contributed by atoms with van der Waals surface area (Å²) in [5.74, 6) is 0.579. The molecule has 1 atom stereocenters. The number of nitrogens with one attached hydrogen (secondary N) is 1. The average molecular weight is 336 g/mol. The van der Waals surface area contributed by atoms with Crippen LogP contribution in [0.2, 0.25) is 0 Å². The van der Waals surface area contributed by atoms with Crippen LogP contribution in [0, 0.1) is 0 Å². The van der Waals surface area contributed by atoms with Crippen molar-refractivity contribution in [3.63, 3.8) is 0 Å². The van der Waals surface area contributed by atoms with E-state index in [2.05, 4.69) is 15.6 Å². The van der Waals surface area contributed by atoms with Crippen molar-refractivity contribution in [3.05, 3.63) is 77.6 Å². The molecule has 0 saturated carbocycles. The van der Waals surface area contributed by atoms with Crippen LogP contribution in [0.4, 0.5) is 0 Å². The molecule has 1 N–H and O–H groups in total. The molecule has 0 spiro atoms. The van der Waals surface area contributed by atoms with E-state index in [0.717, 1.165) is 16.9 Å². The van der Waals surface area contributed by atoms with Gasteiger partial charge in [0.2, 0.25) is 0 Å². The molecule has 0 aliphatic carbocycles. The number of aryl methyl sites for hydroxylation is 1. The molecule has 2 aromatic carbocycles. The van der Waals surface area contributed by atoms with Crippen LogP contribution < -0.4 is 10.1 Å². The molecular weight excluding hydrogens is 316 g/mol. The third-order valence-corrected chi connectivity index (χ3v) is 3.88. The minimum Gasteiger partial charge on any atom is -0.494 e. The molecule has 0 radical (unpaired) electrons. The third kappa shape index (κ3) is 3.85. The van der Waals surface area contributed by atoms with Gasteiger partial charge in [-0.1, -0.05) is 47.7 Å². The second-order valence-corrected chi connectivity index (χ2v) is 5.56. The lowest BCUT2D eigenvalue weighted by atomic mass is 9.98. The second-order valence-electron chi connectivity index (χ2n) is 5.56. The average Bonchev–Trinajstić information content (AvgIpc) is 3.07. The van der Waals surface area contributed by atoms with Crippen LogP contribution in [0.3, 0.4) is 0 Å². The van der Waals surface area contributed by atoms with E-state index >= 15 is 0 Å². The first-order valence-corrected chi connectivity index (χ1v) is 8.12. The number of carbonyl (C=O) groups is 1. The smallest absolute Gasteiger partial charge is 0.271 e. The van der Waals surface area contributed by atoms with E-state index in [9.17, 15) is 4.79 Å². The molecule has 25 heavy (non-hydrogen) atoms. The fourth-order valence-electron chi connectivity index (χ4n) is 2.63. The van der Waals surface area contributed by atoms with Gasteiger partial charge in [-0.15, -0.1) is 5.10 Å². The molecule has 1 amide bonds. The molecule has 128 valence electrons. The van der Waals surface area contributed by atoms with Crippen molar-refractivity contribution in [2.24, 2.45) is 7.05 Å². The number of hydrogen-bond donors (Lipinski definition) is 1. The fraction of sp³-hybridized carbons (Fsp3) is 0.211. The molecule has 0 unspecified atom stereocenters. The number of rotatable bonds is 6. The zero-order valence-electron chi connectivity index (χ0n) is 14.2. The SMILES string of the molecule is CCOc1ccc([C@H](NC(=O)c2cnnn2C)c2ccccc2)cc1. The van der Waals surface area contributed by atoms with Gasteiger partial charge in [0.05, 0.1) is 18.8 Å². The molecule has 0 aliphatic heterocycles. The fourth-order valence-corrected chi connectivity index (χ4v) is 2.63. The molecule has 0 fully saturated rings. The van der Waals surface area contributed by atoms with E-state index in [1.807, 2.05) is 61.5 Å². The van der Waals surface area contributed by atoms with Crippen molar-refractivity contribution < 1.29 is 9.53 Å². The number of carbonyl (C=O) groups excluding carboxylic acids is 1. The van der Waals surface area contributed by atoms with E-state index in [1.165, 1.54) is 10.9 Å². The third-order valence-electron chi connectivity index (χ3n) is 3.88. The number of ether oxygens (including phenoxy) is 1. The zero-order valence-corrected chi connectivity index (χ0v) is 14.2. The minimum absolute atomic E-state index is 0.227. The summed E-state index contributed by atoms with van der Waals surface area (Å²) < 4.78 is 6.95. The lowest BCUT2D eigenvalue weighted by Gasteiger charge is -2.20.